The van der Waals surface area contributed by atoms with E-state index in [4.69, 9.17) is 10.0 Å². The fourth-order valence-corrected chi connectivity index (χ4v) is 2.13. The summed E-state index contributed by atoms with van der Waals surface area (Å²) in [4.78, 5) is 11.7. The van der Waals surface area contributed by atoms with Gasteiger partial charge in [-0.3, -0.25) is 0 Å². The third-order valence-electron chi connectivity index (χ3n) is 1.76. The summed E-state index contributed by atoms with van der Waals surface area (Å²) in [7, 11) is -0.582. The van der Waals surface area contributed by atoms with Crippen molar-refractivity contribution in [3.05, 3.63) is 16.5 Å². The monoisotopic (exact) mass is 230 g/mol. The fourth-order valence-electron chi connectivity index (χ4n) is 1.09. The van der Waals surface area contributed by atoms with Crippen LogP contribution in [0, 0.1) is 0 Å². The Labute approximate surface area is 91.4 Å². The molecule has 0 aliphatic heterocycles. The molecule has 0 aliphatic rings. The van der Waals surface area contributed by atoms with E-state index in [1.54, 1.807) is 6.07 Å². The molecule has 0 aromatic carbocycles. The molecular formula is C8H11BO5S. The molecule has 0 unspecified atom stereocenters. The number of esters is 1. The van der Waals surface area contributed by atoms with Crippen molar-refractivity contribution in [2.24, 2.45) is 0 Å². The van der Waals surface area contributed by atoms with Gasteiger partial charge in [-0.15, -0.1) is 0 Å². The molecule has 0 atom stereocenters. The Hall–Kier alpha value is -1.05. The molecule has 5 nitrogen and oxygen atoms in total. The van der Waals surface area contributed by atoms with Crippen LogP contribution in [0.3, 0.4) is 0 Å². The first-order valence-electron chi connectivity index (χ1n) is 4.32. The molecule has 0 saturated carbocycles. The molecule has 0 radical (unpaired) electrons. The molecule has 1 heterocycles. The minimum absolute atomic E-state index is 0.280. The van der Waals surface area contributed by atoms with E-state index in [1.165, 1.54) is 7.11 Å². The van der Waals surface area contributed by atoms with Crippen molar-refractivity contribution < 1.29 is 24.2 Å². The molecule has 1 aromatic heterocycles. The molecule has 15 heavy (non-hydrogen) atoms. The van der Waals surface area contributed by atoms with E-state index >= 15 is 0 Å². The van der Waals surface area contributed by atoms with Crippen LogP contribution in [-0.4, -0.2) is 30.4 Å². The second-order valence-corrected chi connectivity index (χ2v) is 3.72. The van der Waals surface area contributed by atoms with E-state index in [2.05, 4.69) is 9.39 Å². The summed E-state index contributed by atoms with van der Waals surface area (Å²) < 4.78 is 9.24. The van der Waals surface area contributed by atoms with Crippen molar-refractivity contribution in [2.45, 2.75) is 13.3 Å². The highest BCUT2D eigenvalue weighted by molar-refractivity contribution is 7.16. The normalized spacial score (nSPS) is 9.87. The van der Waals surface area contributed by atoms with Crippen molar-refractivity contribution in [3.8, 4) is 5.06 Å². The number of carbonyl (C=O) groups excluding carboxylic acids is 1. The van der Waals surface area contributed by atoms with Crippen molar-refractivity contribution in [3.63, 3.8) is 0 Å². The lowest BCUT2D eigenvalue weighted by molar-refractivity contribution is 0.0605. The molecule has 0 spiro atoms. The Morgan fingerprint density at radius 3 is 2.73 bits per heavy atom. The van der Waals surface area contributed by atoms with Crippen molar-refractivity contribution >= 4 is 24.6 Å². The van der Waals surface area contributed by atoms with Gasteiger partial charge in [-0.05, 0) is 18.1 Å². The van der Waals surface area contributed by atoms with Crippen LogP contribution in [0.5, 0.6) is 5.06 Å². The lowest BCUT2D eigenvalue weighted by Crippen LogP contribution is -2.19. The van der Waals surface area contributed by atoms with Gasteiger partial charge in [0.05, 0.1) is 7.11 Å². The Morgan fingerprint density at radius 1 is 1.60 bits per heavy atom. The van der Waals surface area contributed by atoms with Gasteiger partial charge in [0, 0.05) is 0 Å². The molecule has 0 amide bonds. The van der Waals surface area contributed by atoms with E-state index in [1.807, 2.05) is 6.92 Å². The topological polar surface area (TPSA) is 76.0 Å². The van der Waals surface area contributed by atoms with Crippen molar-refractivity contribution in [1.82, 2.24) is 0 Å². The van der Waals surface area contributed by atoms with Crippen molar-refractivity contribution in [1.29, 1.82) is 0 Å². The molecule has 1 rings (SSSR count). The van der Waals surface area contributed by atoms with Gasteiger partial charge >= 0.3 is 13.3 Å². The van der Waals surface area contributed by atoms with Crippen LogP contribution in [0.15, 0.2) is 6.07 Å². The first-order valence-corrected chi connectivity index (χ1v) is 5.14. The number of thiophene rings is 1. The van der Waals surface area contributed by atoms with Gasteiger partial charge in [-0.1, -0.05) is 18.3 Å². The van der Waals surface area contributed by atoms with Crippen LogP contribution >= 0.6 is 11.3 Å². The van der Waals surface area contributed by atoms with Gasteiger partial charge in [0.2, 0.25) is 0 Å². The second-order valence-electron chi connectivity index (χ2n) is 2.71. The zero-order chi connectivity index (χ0) is 11.4. The molecule has 0 aliphatic carbocycles. The first-order chi connectivity index (χ1) is 7.08. The predicted octanol–water partition coefficient (Wildman–Crippen LogP) is 0.445. The van der Waals surface area contributed by atoms with Gasteiger partial charge in [0.25, 0.3) is 0 Å². The SMILES string of the molecule is CCc1cc(OB(O)O)sc1C(=O)OC. The van der Waals surface area contributed by atoms with E-state index in [9.17, 15) is 4.79 Å². The summed E-state index contributed by atoms with van der Waals surface area (Å²) in [5.41, 5.74) is 0.766. The van der Waals surface area contributed by atoms with E-state index < -0.39 is 13.3 Å². The van der Waals surface area contributed by atoms with Gasteiger partial charge in [-0.25, -0.2) is 4.79 Å². The number of rotatable bonds is 4. The average molecular weight is 230 g/mol. The summed E-state index contributed by atoms with van der Waals surface area (Å²) in [6.45, 7) is 1.88. The van der Waals surface area contributed by atoms with Gasteiger partial charge in [0.1, 0.15) is 4.88 Å². The van der Waals surface area contributed by atoms with Gasteiger partial charge in [-0.2, -0.15) is 0 Å². The fraction of sp³-hybridized carbons (Fsp3) is 0.375. The summed E-state index contributed by atoms with van der Waals surface area (Å²) in [5, 5.41) is 17.5. The Morgan fingerprint density at radius 2 is 2.27 bits per heavy atom. The maximum atomic E-state index is 11.3. The summed E-state index contributed by atoms with van der Waals surface area (Å²) >= 11 is 1.03. The number of hydrogen-bond acceptors (Lipinski definition) is 6. The molecule has 1 aromatic rings. The molecule has 0 fully saturated rings. The maximum absolute atomic E-state index is 11.3. The smallest absolute Gasteiger partial charge is 0.504 e. The van der Waals surface area contributed by atoms with Crippen LogP contribution in [0.25, 0.3) is 0 Å². The predicted molar refractivity (Wildman–Crippen MR) is 55.9 cm³/mol. The van der Waals surface area contributed by atoms with Gasteiger partial charge < -0.3 is 19.4 Å². The largest absolute Gasteiger partial charge is 0.708 e. The van der Waals surface area contributed by atoms with Crippen LogP contribution in [0.1, 0.15) is 22.2 Å². The van der Waals surface area contributed by atoms with Crippen molar-refractivity contribution in [2.75, 3.05) is 7.11 Å². The Kier molecular flexibility index (Phi) is 4.13. The minimum Gasteiger partial charge on any atom is -0.504 e. The number of ether oxygens (including phenoxy) is 1. The number of carbonyl (C=O) groups is 1. The van der Waals surface area contributed by atoms with Crippen LogP contribution in [0.2, 0.25) is 0 Å². The molecule has 82 valence electrons. The van der Waals surface area contributed by atoms with E-state index in [0.29, 0.717) is 11.3 Å². The number of methoxy groups -OCH3 is 1. The standard InChI is InChI=1S/C8H11BO5S/c1-3-5-4-6(14-9(11)12)15-7(5)8(10)13-2/h4,11-12H,3H2,1-2H3. The molecular weight excluding hydrogens is 219 g/mol. The van der Waals surface area contributed by atoms with Crippen LogP contribution < -0.4 is 4.65 Å². The first kappa shape index (κ1) is 12.0. The third-order valence-corrected chi connectivity index (χ3v) is 2.81. The average Bonchev–Trinajstić information content (AvgIpc) is 2.58. The molecule has 2 N–H and O–H groups in total. The number of hydrogen-bond donors (Lipinski definition) is 2. The van der Waals surface area contributed by atoms with Crippen LogP contribution in [0.4, 0.5) is 0 Å². The Balaban J connectivity index is 2.95. The van der Waals surface area contributed by atoms with E-state index in [0.717, 1.165) is 16.9 Å². The second kappa shape index (κ2) is 5.15. The third kappa shape index (κ3) is 2.95. The number of aryl methyl sites for hydroxylation is 1. The van der Waals surface area contributed by atoms with E-state index in [-0.39, 0.29) is 5.06 Å². The maximum Gasteiger partial charge on any atom is 0.708 e. The quantitative estimate of drug-likeness (QED) is 0.580. The highest BCUT2D eigenvalue weighted by Gasteiger charge is 2.19. The highest BCUT2D eigenvalue weighted by atomic mass is 32.1. The lowest BCUT2D eigenvalue weighted by atomic mass is 10.2. The lowest BCUT2D eigenvalue weighted by Gasteiger charge is -1.98. The van der Waals surface area contributed by atoms with Gasteiger partial charge in [0.15, 0.2) is 5.06 Å². The molecule has 7 heteroatoms. The Bertz CT molecular complexity index is 349. The zero-order valence-electron chi connectivity index (χ0n) is 8.39. The summed E-state index contributed by atoms with van der Waals surface area (Å²) in [5.74, 6) is -0.445. The zero-order valence-corrected chi connectivity index (χ0v) is 9.21. The minimum atomic E-state index is -1.88. The highest BCUT2D eigenvalue weighted by Crippen LogP contribution is 2.30. The summed E-state index contributed by atoms with van der Waals surface area (Å²) in [6, 6.07) is 1.59. The summed E-state index contributed by atoms with van der Waals surface area (Å²) in [6.07, 6.45) is 0.645. The van der Waals surface area contributed by atoms with Crippen LogP contribution in [-0.2, 0) is 11.2 Å². The molecule has 0 bridgehead atoms. The molecule has 0 saturated heterocycles.